The number of morpholine rings is 1. The minimum Gasteiger partial charge on any atom is -0.371 e. The van der Waals surface area contributed by atoms with Crippen molar-refractivity contribution in [1.29, 1.82) is 0 Å². The molecule has 0 radical (unpaired) electrons. The number of hydrogen-bond acceptors (Lipinski definition) is 3. The lowest BCUT2D eigenvalue weighted by molar-refractivity contribution is -0.00249. The lowest BCUT2D eigenvalue weighted by Crippen LogP contribution is -2.42. The van der Waals surface area contributed by atoms with Crippen molar-refractivity contribution < 1.29 is 13.2 Å². The highest BCUT2D eigenvalue weighted by atomic mass is 35.5. The lowest BCUT2D eigenvalue weighted by atomic mass is 10.1. The van der Waals surface area contributed by atoms with E-state index in [1.165, 1.54) is 4.31 Å². The van der Waals surface area contributed by atoms with Gasteiger partial charge < -0.3 is 4.74 Å². The normalized spacial score (nSPS) is 20.0. The summed E-state index contributed by atoms with van der Waals surface area (Å²) < 4.78 is 32.5. The van der Waals surface area contributed by atoms with Crippen LogP contribution in [0.1, 0.15) is 11.7 Å². The van der Waals surface area contributed by atoms with Gasteiger partial charge in [-0.25, -0.2) is 8.42 Å². The van der Waals surface area contributed by atoms with E-state index in [9.17, 15) is 8.42 Å². The van der Waals surface area contributed by atoms with Gasteiger partial charge in [0.15, 0.2) is 0 Å². The summed E-state index contributed by atoms with van der Waals surface area (Å²) in [5, 5.41) is 0.589. The minimum atomic E-state index is -3.51. The fourth-order valence-corrected chi connectivity index (χ4v) is 4.21. The number of sulfonamides is 1. The van der Waals surface area contributed by atoms with E-state index in [1.807, 2.05) is 18.2 Å². The van der Waals surface area contributed by atoms with E-state index in [-0.39, 0.29) is 12.6 Å². The third-order valence-corrected chi connectivity index (χ3v) is 5.89. The van der Waals surface area contributed by atoms with Crippen molar-refractivity contribution in [2.75, 3.05) is 19.7 Å². The van der Waals surface area contributed by atoms with E-state index in [0.29, 0.717) is 23.1 Å². The van der Waals surface area contributed by atoms with Crippen LogP contribution in [0.2, 0.25) is 5.02 Å². The van der Waals surface area contributed by atoms with Crippen molar-refractivity contribution in [2.45, 2.75) is 11.0 Å². The van der Waals surface area contributed by atoms with Gasteiger partial charge in [0.25, 0.3) is 0 Å². The second-order valence-corrected chi connectivity index (χ2v) is 7.40. The van der Waals surface area contributed by atoms with Gasteiger partial charge in [-0.15, -0.1) is 0 Å². The Kier molecular flexibility index (Phi) is 4.49. The largest absolute Gasteiger partial charge is 0.371 e. The summed E-state index contributed by atoms with van der Waals surface area (Å²) in [4.78, 5) is 0.301. The predicted octanol–water partition coefficient (Wildman–Crippen LogP) is 3.10. The standard InChI is InChI=1S/C16H16ClNO3S/c17-15-9-5-4-8-14(15)16-12-18(10-11-21-16)22(19,20)13-6-2-1-3-7-13/h1-9,16H,10-12H2. The highest BCUT2D eigenvalue weighted by molar-refractivity contribution is 7.89. The van der Waals surface area contributed by atoms with Gasteiger partial charge in [-0.1, -0.05) is 48.0 Å². The Bertz CT molecular complexity index is 749. The Morgan fingerprint density at radius 3 is 2.45 bits per heavy atom. The van der Waals surface area contributed by atoms with Gasteiger partial charge in [0.1, 0.15) is 0 Å². The molecular weight excluding hydrogens is 322 g/mol. The van der Waals surface area contributed by atoms with Crippen LogP contribution < -0.4 is 0 Å². The molecule has 1 heterocycles. The number of halogens is 1. The molecule has 2 aromatic rings. The fourth-order valence-electron chi connectivity index (χ4n) is 2.51. The summed E-state index contributed by atoms with van der Waals surface area (Å²) in [5.74, 6) is 0. The predicted molar refractivity (Wildman–Crippen MR) is 85.3 cm³/mol. The molecule has 3 rings (SSSR count). The summed E-state index contributed by atoms with van der Waals surface area (Å²) in [5.41, 5.74) is 0.817. The molecule has 22 heavy (non-hydrogen) atoms. The van der Waals surface area contributed by atoms with E-state index >= 15 is 0 Å². The molecule has 1 unspecified atom stereocenters. The molecular formula is C16H16ClNO3S. The Hall–Kier alpha value is -1.40. The van der Waals surface area contributed by atoms with E-state index in [2.05, 4.69) is 0 Å². The van der Waals surface area contributed by atoms with Crippen molar-refractivity contribution in [3.05, 3.63) is 65.2 Å². The van der Waals surface area contributed by atoms with Crippen LogP contribution in [-0.2, 0) is 14.8 Å². The van der Waals surface area contributed by atoms with Crippen LogP contribution in [0.25, 0.3) is 0 Å². The van der Waals surface area contributed by atoms with Crippen LogP contribution in [0.5, 0.6) is 0 Å². The second-order valence-electron chi connectivity index (χ2n) is 5.06. The average molecular weight is 338 g/mol. The molecule has 0 spiro atoms. The SMILES string of the molecule is O=S(=O)(c1ccccc1)N1CCOC(c2ccccc2Cl)C1. The van der Waals surface area contributed by atoms with Crippen LogP contribution in [0.4, 0.5) is 0 Å². The highest BCUT2D eigenvalue weighted by Crippen LogP contribution is 2.30. The minimum absolute atomic E-state index is 0.265. The Morgan fingerprint density at radius 2 is 1.73 bits per heavy atom. The Balaban J connectivity index is 1.86. The maximum atomic E-state index is 12.7. The highest BCUT2D eigenvalue weighted by Gasteiger charge is 2.32. The van der Waals surface area contributed by atoms with Crippen LogP contribution in [-0.4, -0.2) is 32.4 Å². The molecule has 1 saturated heterocycles. The number of benzene rings is 2. The first-order valence-corrected chi connectivity index (χ1v) is 8.82. The van der Waals surface area contributed by atoms with Gasteiger partial charge >= 0.3 is 0 Å². The van der Waals surface area contributed by atoms with Crippen molar-refractivity contribution in [1.82, 2.24) is 4.31 Å². The van der Waals surface area contributed by atoms with Gasteiger partial charge in [-0.05, 0) is 18.2 Å². The molecule has 0 bridgehead atoms. The van der Waals surface area contributed by atoms with E-state index in [0.717, 1.165) is 5.56 Å². The van der Waals surface area contributed by atoms with Crippen molar-refractivity contribution in [3.63, 3.8) is 0 Å². The molecule has 0 aromatic heterocycles. The topological polar surface area (TPSA) is 46.6 Å². The molecule has 1 aliphatic heterocycles. The van der Waals surface area contributed by atoms with Crippen LogP contribution in [0, 0.1) is 0 Å². The molecule has 2 aromatic carbocycles. The molecule has 1 fully saturated rings. The molecule has 6 heteroatoms. The Labute approximate surface area is 135 Å². The number of nitrogens with zero attached hydrogens (tertiary/aromatic N) is 1. The van der Waals surface area contributed by atoms with Crippen LogP contribution in [0.3, 0.4) is 0 Å². The van der Waals surface area contributed by atoms with Crippen molar-refractivity contribution in [2.24, 2.45) is 0 Å². The van der Waals surface area contributed by atoms with Crippen molar-refractivity contribution in [3.8, 4) is 0 Å². The first kappa shape index (κ1) is 15.5. The third kappa shape index (κ3) is 3.03. The number of rotatable bonds is 3. The van der Waals surface area contributed by atoms with Crippen molar-refractivity contribution >= 4 is 21.6 Å². The van der Waals surface area contributed by atoms with E-state index in [4.69, 9.17) is 16.3 Å². The number of hydrogen-bond donors (Lipinski definition) is 0. The maximum Gasteiger partial charge on any atom is 0.243 e. The monoisotopic (exact) mass is 337 g/mol. The summed E-state index contributed by atoms with van der Waals surface area (Å²) in [6, 6.07) is 15.8. The average Bonchev–Trinajstić information content (AvgIpc) is 2.56. The molecule has 0 amide bonds. The molecule has 0 saturated carbocycles. The van der Waals surface area contributed by atoms with Gasteiger partial charge in [0.2, 0.25) is 10.0 Å². The third-order valence-electron chi connectivity index (χ3n) is 3.66. The van der Waals surface area contributed by atoms with Crippen LogP contribution >= 0.6 is 11.6 Å². The summed E-state index contributed by atoms with van der Waals surface area (Å²) >= 11 is 6.19. The van der Waals surface area contributed by atoms with Gasteiger partial charge in [-0.2, -0.15) is 4.31 Å². The Morgan fingerprint density at radius 1 is 1.05 bits per heavy atom. The maximum absolute atomic E-state index is 12.7. The first-order chi connectivity index (χ1) is 10.6. The van der Waals surface area contributed by atoms with Gasteiger partial charge in [0.05, 0.1) is 17.6 Å². The summed E-state index contributed by atoms with van der Waals surface area (Å²) in [6.45, 7) is 0.959. The summed E-state index contributed by atoms with van der Waals surface area (Å²) in [6.07, 6.45) is -0.346. The van der Waals surface area contributed by atoms with Gasteiger partial charge in [0, 0.05) is 23.7 Å². The van der Waals surface area contributed by atoms with Crippen LogP contribution in [0.15, 0.2) is 59.5 Å². The molecule has 0 N–H and O–H groups in total. The molecule has 116 valence electrons. The molecule has 4 nitrogen and oxygen atoms in total. The lowest BCUT2D eigenvalue weighted by Gasteiger charge is -2.32. The molecule has 0 aliphatic carbocycles. The van der Waals surface area contributed by atoms with Gasteiger partial charge in [-0.3, -0.25) is 0 Å². The second kappa shape index (κ2) is 6.38. The fraction of sp³-hybridized carbons (Fsp3) is 0.250. The quantitative estimate of drug-likeness (QED) is 0.864. The smallest absolute Gasteiger partial charge is 0.243 e. The summed E-state index contributed by atoms with van der Waals surface area (Å²) in [7, 11) is -3.51. The first-order valence-electron chi connectivity index (χ1n) is 7.00. The van der Waals surface area contributed by atoms with E-state index in [1.54, 1.807) is 36.4 Å². The zero-order chi connectivity index (χ0) is 15.6. The number of ether oxygens (including phenoxy) is 1. The molecule has 1 aliphatic rings. The zero-order valence-corrected chi connectivity index (χ0v) is 13.4. The zero-order valence-electron chi connectivity index (χ0n) is 11.9. The van der Waals surface area contributed by atoms with E-state index < -0.39 is 10.0 Å². The molecule has 1 atom stereocenters.